The van der Waals surface area contributed by atoms with Gasteiger partial charge >= 0.3 is 0 Å². The highest BCUT2D eigenvalue weighted by molar-refractivity contribution is 4.98. The molecule has 19 heavy (non-hydrogen) atoms. The highest BCUT2D eigenvalue weighted by Gasteiger charge is 2.14. The molecule has 0 bridgehead atoms. The maximum Gasteiger partial charge on any atom is 0.0906 e. The summed E-state index contributed by atoms with van der Waals surface area (Å²) in [5.74, 6) is 0.808. The Morgan fingerprint density at radius 1 is 1.47 bits per heavy atom. The van der Waals surface area contributed by atoms with E-state index in [2.05, 4.69) is 41.2 Å². The molecule has 1 saturated heterocycles. The van der Waals surface area contributed by atoms with Crippen molar-refractivity contribution >= 4 is 0 Å². The van der Waals surface area contributed by atoms with Crippen LogP contribution in [0.25, 0.3) is 0 Å². The molecule has 2 rings (SSSR count). The van der Waals surface area contributed by atoms with Gasteiger partial charge < -0.3 is 10.1 Å². The molecule has 108 valence electrons. The Kier molecular flexibility index (Phi) is 5.86. The van der Waals surface area contributed by atoms with Gasteiger partial charge in [0.15, 0.2) is 0 Å². The van der Waals surface area contributed by atoms with Gasteiger partial charge in [-0.25, -0.2) is 0 Å². The maximum absolute atomic E-state index is 5.74. The number of nitrogens with zero attached hydrogens (tertiary/aromatic N) is 2. The van der Waals surface area contributed by atoms with Crippen molar-refractivity contribution in [3.8, 4) is 0 Å². The summed E-state index contributed by atoms with van der Waals surface area (Å²) in [6.07, 6.45) is 6.81. The van der Waals surface area contributed by atoms with E-state index in [0.717, 1.165) is 37.6 Å². The van der Waals surface area contributed by atoms with Crippen LogP contribution in [0, 0.1) is 5.92 Å². The fraction of sp³-hybridized carbons (Fsp3) is 0.800. The fourth-order valence-electron chi connectivity index (χ4n) is 2.71. The lowest BCUT2D eigenvalue weighted by Gasteiger charge is -2.12. The Bertz CT molecular complexity index is 354. The van der Waals surface area contributed by atoms with Gasteiger partial charge in [-0.2, -0.15) is 5.10 Å². The zero-order valence-corrected chi connectivity index (χ0v) is 12.3. The van der Waals surface area contributed by atoms with Crippen LogP contribution in [-0.2, 0) is 11.3 Å². The van der Waals surface area contributed by atoms with E-state index in [-0.39, 0.29) is 0 Å². The van der Waals surface area contributed by atoms with E-state index in [9.17, 15) is 0 Å². The molecular weight excluding hydrogens is 238 g/mol. The van der Waals surface area contributed by atoms with Crippen molar-refractivity contribution in [2.75, 3.05) is 19.7 Å². The van der Waals surface area contributed by atoms with Crippen LogP contribution in [0.3, 0.4) is 0 Å². The van der Waals surface area contributed by atoms with Gasteiger partial charge in [-0.05, 0) is 50.8 Å². The Labute approximate surface area is 116 Å². The average molecular weight is 265 g/mol. The van der Waals surface area contributed by atoms with Crippen LogP contribution in [0.4, 0.5) is 0 Å². The van der Waals surface area contributed by atoms with Crippen LogP contribution in [0.5, 0.6) is 0 Å². The average Bonchev–Trinajstić information content (AvgIpc) is 3.08. The van der Waals surface area contributed by atoms with E-state index in [0.29, 0.717) is 12.6 Å². The SMILES string of the molecule is CCC(CC)n1ccc(COCCC2CCNC2)n1. The Balaban J connectivity index is 1.68. The van der Waals surface area contributed by atoms with E-state index in [4.69, 9.17) is 4.74 Å². The summed E-state index contributed by atoms with van der Waals surface area (Å²) in [6.45, 7) is 8.25. The monoisotopic (exact) mass is 265 g/mol. The molecule has 0 radical (unpaired) electrons. The standard InChI is InChI=1S/C15H27N3O/c1-3-15(4-2)18-9-6-14(17-18)12-19-10-7-13-5-8-16-11-13/h6,9,13,15-16H,3-5,7-8,10-12H2,1-2H3. The molecule has 2 heterocycles. The van der Waals surface area contributed by atoms with Gasteiger partial charge in [0, 0.05) is 12.8 Å². The van der Waals surface area contributed by atoms with Crippen LogP contribution in [0.15, 0.2) is 12.3 Å². The van der Waals surface area contributed by atoms with Crippen molar-refractivity contribution in [1.82, 2.24) is 15.1 Å². The Morgan fingerprint density at radius 3 is 3.00 bits per heavy atom. The molecule has 0 aromatic carbocycles. The lowest BCUT2D eigenvalue weighted by Crippen LogP contribution is -2.11. The Morgan fingerprint density at radius 2 is 2.32 bits per heavy atom. The van der Waals surface area contributed by atoms with Crippen LogP contribution < -0.4 is 5.32 Å². The van der Waals surface area contributed by atoms with Gasteiger partial charge in [-0.3, -0.25) is 4.68 Å². The van der Waals surface area contributed by atoms with Crippen molar-refractivity contribution < 1.29 is 4.74 Å². The van der Waals surface area contributed by atoms with E-state index in [1.54, 1.807) is 0 Å². The number of nitrogens with one attached hydrogen (secondary N) is 1. The van der Waals surface area contributed by atoms with Crippen LogP contribution in [-0.4, -0.2) is 29.5 Å². The summed E-state index contributed by atoms with van der Waals surface area (Å²) in [5.41, 5.74) is 1.05. The second-order valence-corrected chi connectivity index (χ2v) is 5.46. The predicted molar refractivity (Wildman–Crippen MR) is 77.1 cm³/mol. The molecule has 1 N–H and O–H groups in total. The molecule has 0 amide bonds. The third-order valence-corrected chi connectivity index (χ3v) is 4.06. The summed E-state index contributed by atoms with van der Waals surface area (Å²) in [4.78, 5) is 0. The van der Waals surface area contributed by atoms with Crippen molar-refractivity contribution in [1.29, 1.82) is 0 Å². The molecule has 4 nitrogen and oxygen atoms in total. The Hall–Kier alpha value is -0.870. The molecule has 1 aliphatic rings. The van der Waals surface area contributed by atoms with Gasteiger partial charge in [0.05, 0.1) is 18.3 Å². The fourth-order valence-corrected chi connectivity index (χ4v) is 2.71. The van der Waals surface area contributed by atoms with Crippen LogP contribution in [0.1, 0.15) is 51.3 Å². The van der Waals surface area contributed by atoms with Crippen LogP contribution >= 0.6 is 0 Å². The summed E-state index contributed by atoms with van der Waals surface area (Å²) in [7, 11) is 0. The van der Waals surface area contributed by atoms with Gasteiger partial charge in [0.2, 0.25) is 0 Å². The quantitative estimate of drug-likeness (QED) is 0.735. The lowest BCUT2D eigenvalue weighted by atomic mass is 10.1. The minimum absolute atomic E-state index is 0.526. The molecule has 0 saturated carbocycles. The number of rotatable bonds is 8. The first-order chi connectivity index (χ1) is 9.33. The first-order valence-corrected chi connectivity index (χ1v) is 7.66. The molecule has 0 aliphatic carbocycles. The third kappa shape index (κ3) is 4.32. The first-order valence-electron chi connectivity index (χ1n) is 7.66. The van der Waals surface area contributed by atoms with Gasteiger partial charge in [0.25, 0.3) is 0 Å². The summed E-state index contributed by atoms with van der Waals surface area (Å²) in [5, 5.41) is 7.99. The molecule has 0 spiro atoms. The number of aromatic nitrogens is 2. The summed E-state index contributed by atoms with van der Waals surface area (Å²) in [6, 6.07) is 2.61. The van der Waals surface area contributed by atoms with Crippen molar-refractivity contribution in [2.24, 2.45) is 5.92 Å². The molecular formula is C15H27N3O. The predicted octanol–water partition coefficient (Wildman–Crippen LogP) is 2.76. The van der Waals surface area contributed by atoms with E-state index >= 15 is 0 Å². The zero-order chi connectivity index (χ0) is 13.5. The normalized spacial score (nSPS) is 19.4. The molecule has 1 unspecified atom stereocenters. The summed E-state index contributed by atoms with van der Waals surface area (Å²) >= 11 is 0. The smallest absolute Gasteiger partial charge is 0.0906 e. The van der Waals surface area contributed by atoms with Crippen molar-refractivity contribution in [2.45, 2.75) is 52.2 Å². The second kappa shape index (κ2) is 7.65. The zero-order valence-electron chi connectivity index (χ0n) is 12.3. The minimum atomic E-state index is 0.526. The van der Waals surface area contributed by atoms with Gasteiger partial charge in [0.1, 0.15) is 0 Å². The van der Waals surface area contributed by atoms with Crippen molar-refractivity contribution in [3.63, 3.8) is 0 Å². The number of ether oxygens (including phenoxy) is 1. The van der Waals surface area contributed by atoms with Crippen LogP contribution in [0.2, 0.25) is 0 Å². The number of hydrogen-bond donors (Lipinski definition) is 1. The number of hydrogen-bond acceptors (Lipinski definition) is 3. The maximum atomic E-state index is 5.74. The lowest BCUT2D eigenvalue weighted by molar-refractivity contribution is 0.106. The highest BCUT2D eigenvalue weighted by atomic mass is 16.5. The molecule has 1 atom stereocenters. The summed E-state index contributed by atoms with van der Waals surface area (Å²) < 4.78 is 7.82. The van der Waals surface area contributed by atoms with Gasteiger partial charge in [-0.15, -0.1) is 0 Å². The topological polar surface area (TPSA) is 39.1 Å². The molecule has 4 heteroatoms. The molecule has 1 fully saturated rings. The molecule has 1 aliphatic heterocycles. The molecule has 1 aromatic rings. The first kappa shape index (κ1) is 14.5. The van der Waals surface area contributed by atoms with Crippen molar-refractivity contribution in [3.05, 3.63) is 18.0 Å². The molecule has 1 aromatic heterocycles. The van der Waals surface area contributed by atoms with E-state index < -0.39 is 0 Å². The highest BCUT2D eigenvalue weighted by Crippen LogP contribution is 2.15. The van der Waals surface area contributed by atoms with E-state index in [1.807, 2.05) is 0 Å². The van der Waals surface area contributed by atoms with E-state index in [1.165, 1.54) is 19.4 Å². The van der Waals surface area contributed by atoms with Gasteiger partial charge in [-0.1, -0.05) is 13.8 Å². The largest absolute Gasteiger partial charge is 0.375 e. The minimum Gasteiger partial charge on any atom is -0.375 e. The third-order valence-electron chi connectivity index (χ3n) is 4.06. The second-order valence-electron chi connectivity index (χ2n) is 5.46.